The number of halogens is 2. The van der Waals surface area contributed by atoms with E-state index in [0.717, 1.165) is 18.2 Å². The van der Waals surface area contributed by atoms with Gasteiger partial charge in [0.1, 0.15) is 29.5 Å². The summed E-state index contributed by atoms with van der Waals surface area (Å²) in [4.78, 5) is 11.2. The third kappa shape index (κ3) is 3.67. The Morgan fingerprint density at radius 1 is 1.35 bits per heavy atom. The molecular weight excluding hydrogens is 232 g/mol. The molecule has 0 spiro atoms. The molecule has 1 aromatic rings. The minimum absolute atomic E-state index is 0.0388. The van der Waals surface area contributed by atoms with Crippen LogP contribution in [0.2, 0.25) is 0 Å². The van der Waals surface area contributed by atoms with Gasteiger partial charge >= 0.3 is 5.97 Å². The van der Waals surface area contributed by atoms with Crippen LogP contribution in [0.15, 0.2) is 18.2 Å². The molecule has 17 heavy (non-hydrogen) atoms. The van der Waals surface area contributed by atoms with E-state index in [0.29, 0.717) is 0 Å². The molecule has 0 aliphatic carbocycles. The third-order valence-electron chi connectivity index (χ3n) is 2.03. The van der Waals surface area contributed by atoms with E-state index in [1.807, 2.05) is 0 Å². The van der Waals surface area contributed by atoms with Gasteiger partial charge in [-0.15, -0.1) is 0 Å². The number of hydrogen-bond acceptors (Lipinski definition) is 4. The first kappa shape index (κ1) is 13.4. The number of carbonyl (C=O) groups is 1. The van der Waals surface area contributed by atoms with Crippen LogP contribution in [0.5, 0.6) is 5.75 Å². The minimum Gasteiger partial charge on any atom is -0.491 e. The van der Waals surface area contributed by atoms with Gasteiger partial charge in [0.2, 0.25) is 0 Å². The predicted octanol–water partition coefficient (Wildman–Crippen LogP) is 1.23. The maximum Gasteiger partial charge on any atom is 0.329 e. The summed E-state index contributed by atoms with van der Waals surface area (Å²) in [5.41, 5.74) is 4.23. The van der Waals surface area contributed by atoms with E-state index in [1.54, 1.807) is 0 Å². The molecule has 0 heterocycles. The van der Waals surface area contributed by atoms with Gasteiger partial charge in [0.25, 0.3) is 0 Å². The summed E-state index contributed by atoms with van der Waals surface area (Å²) in [5, 5.41) is 0. The summed E-state index contributed by atoms with van der Waals surface area (Å²) in [5.74, 6) is -2.24. The van der Waals surface area contributed by atoms with Gasteiger partial charge in [-0.3, -0.25) is 0 Å². The first-order valence-corrected chi connectivity index (χ1v) is 4.81. The minimum atomic E-state index is -1.38. The highest BCUT2D eigenvalue weighted by Gasteiger charge is 2.30. The number of methoxy groups -OCH3 is 1. The first-order valence-electron chi connectivity index (χ1n) is 4.81. The Morgan fingerprint density at radius 2 is 1.88 bits per heavy atom. The van der Waals surface area contributed by atoms with Gasteiger partial charge in [-0.1, -0.05) is 0 Å². The van der Waals surface area contributed by atoms with E-state index in [2.05, 4.69) is 4.74 Å². The Balaban J connectivity index is 2.70. The largest absolute Gasteiger partial charge is 0.491 e. The third-order valence-corrected chi connectivity index (χ3v) is 2.03. The van der Waals surface area contributed by atoms with Crippen molar-refractivity contribution in [3.63, 3.8) is 0 Å². The van der Waals surface area contributed by atoms with Crippen molar-refractivity contribution < 1.29 is 23.0 Å². The number of benzene rings is 1. The van der Waals surface area contributed by atoms with Crippen LogP contribution in [0.3, 0.4) is 0 Å². The Labute approximate surface area is 97.3 Å². The Morgan fingerprint density at radius 3 is 2.35 bits per heavy atom. The maximum atomic E-state index is 12.8. The van der Waals surface area contributed by atoms with Crippen LogP contribution in [0.1, 0.15) is 6.92 Å². The lowest BCUT2D eigenvalue weighted by atomic mass is 10.1. The molecule has 0 bridgehead atoms. The Kier molecular flexibility index (Phi) is 4.01. The lowest BCUT2D eigenvalue weighted by Crippen LogP contribution is -2.50. The molecule has 1 rings (SSSR count). The van der Waals surface area contributed by atoms with E-state index in [4.69, 9.17) is 10.5 Å². The number of ether oxygens (including phenoxy) is 2. The van der Waals surface area contributed by atoms with Crippen molar-refractivity contribution in [1.82, 2.24) is 0 Å². The molecule has 0 aromatic heterocycles. The number of nitrogens with two attached hydrogens (primary N) is 1. The number of hydrogen-bond donors (Lipinski definition) is 1. The Hall–Kier alpha value is -1.69. The fourth-order valence-electron chi connectivity index (χ4n) is 1.14. The highest BCUT2D eigenvalue weighted by molar-refractivity contribution is 5.80. The summed E-state index contributed by atoms with van der Waals surface area (Å²) in [7, 11) is 1.19. The quantitative estimate of drug-likeness (QED) is 0.810. The molecule has 0 radical (unpaired) electrons. The summed E-state index contributed by atoms with van der Waals surface area (Å²) >= 11 is 0. The van der Waals surface area contributed by atoms with Crippen LogP contribution in [0.25, 0.3) is 0 Å². The molecule has 6 heteroatoms. The van der Waals surface area contributed by atoms with Gasteiger partial charge in [-0.05, 0) is 6.92 Å². The van der Waals surface area contributed by atoms with Crippen LogP contribution in [-0.2, 0) is 9.53 Å². The van der Waals surface area contributed by atoms with E-state index in [-0.39, 0.29) is 12.4 Å². The van der Waals surface area contributed by atoms with Crippen LogP contribution < -0.4 is 10.5 Å². The van der Waals surface area contributed by atoms with Crippen molar-refractivity contribution in [1.29, 1.82) is 0 Å². The van der Waals surface area contributed by atoms with Crippen molar-refractivity contribution in [2.75, 3.05) is 13.7 Å². The van der Waals surface area contributed by atoms with Crippen molar-refractivity contribution in [2.24, 2.45) is 5.73 Å². The van der Waals surface area contributed by atoms with Gasteiger partial charge < -0.3 is 15.2 Å². The summed E-state index contributed by atoms with van der Waals surface area (Å²) in [6.45, 7) is 1.15. The van der Waals surface area contributed by atoms with Gasteiger partial charge in [0.15, 0.2) is 0 Å². The van der Waals surface area contributed by atoms with Crippen molar-refractivity contribution in [3.8, 4) is 5.75 Å². The maximum absolute atomic E-state index is 12.8. The van der Waals surface area contributed by atoms with E-state index in [9.17, 15) is 13.6 Å². The van der Waals surface area contributed by atoms with Gasteiger partial charge in [-0.2, -0.15) is 0 Å². The topological polar surface area (TPSA) is 61.5 Å². The molecule has 0 aliphatic heterocycles. The zero-order valence-corrected chi connectivity index (χ0v) is 9.50. The second-order valence-corrected chi connectivity index (χ2v) is 3.80. The zero-order valence-electron chi connectivity index (χ0n) is 9.50. The molecule has 1 aromatic carbocycles. The molecule has 0 saturated heterocycles. The zero-order chi connectivity index (χ0) is 13.1. The monoisotopic (exact) mass is 245 g/mol. The van der Waals surface area contributed by atoms with Crippen LogP contribution in [0.4, 0.5) is 8.78 Å². The lowest BCUT2D eigenvalue weighted by Gasteiger charge is -2.21. The molecule has 4 nitrogen and oxygen atoms in total. The Bertz CT molecular complexity index is 401. The fraction of sp³-hybridized carbons (Fsp3) is 0.364. The summed E-state index contributed by atoms with van der Waals surface area (Å²) in [6, 6.07) is 2.71. The SMILES string of the molecule is COC(=O)C(C)(N)COc1cc(F)cc(F)c1. The molecule has 0 amide bonds. The molecule has 1 atom stereocenters. The second-order valence-electron chi connectivity index (χ2n) is 3.80. The van der Waals surface area contributed by atoms with Crippen LogP contribution >= 0.6 is 0 Å². The van der Waals surface area contributed by atoms with Gasteiger partial charge in [-0.25, -0.2) is 13.6 Å². The van der Waals surface area contributed by atoms with Crippen LogP contribution in [-0.4, -0.2) is 25.2 Å². The number of rotatable bonds is 4. The molecule has 0 saturated carbocycles. The predicted molar refractivity (Wildman–Crippen MR) is 56.5 cm³/mol. The normalized spacial score (nSPS) is 13.9. The standard InChI is InChI=1S/C11H13F2NO3/c1-11(14,10(15)16-2)6-17-9-4-7(12)3-8(13)5-9/h3-5H,6,14H2,1-2H3. The highest BCUT2D eigenvalue weighted by atomic mass is 19.1. The van der Waals surface area contributed by atoms with E-state index in [1.165, 1.54) is 14.0 Å². The summed E-state index contributed by atoms with van der Waals surface area (Å²) in [6.07, 6.45) is 0. The first-order chi connectivity index (χ1) is 7.85. The fourth-order valence-corrected chi connectivity index (χ4v) is 1.14. The number of esters is 1. The van der Waals surface area contributed by atoms with E-state index < -0.39 is 23.1 Å². The smallest absolute Gasteiger partial charge is 0.329 e. The second kappa shape index (κ2) is 5.09. The van der Waals surface area contributed by atoms with E-state index >= 15 is 0 Å². The molecule has 2 N–H and O–H groups in total. The van der Waals surface area contributed by atoms with Crippen molar-refractivity contribution in [2.45, 2.75) is 12.5 Å². The molecule has 1 unspecified atom stereocenters. The lowest BCUT2D eigenvalue weighted by molar-refractivity contribution is -0.147. The summed E-state index contributed by atoms with van der Waals surface area (Å²) < 4.78 is 35.2. The highest BCUT2D eigenvalue weighted by Crippen LogP contribution is 2.16. The molecule has 0 aliphatic rings. The average molecular weight is 245 g/mol. The number of carbonyl (C=O) groups excluding carboxylic acids is 1. The molecule has 0 fully saturated rings. The van der Waals surface area contributed by atoms with Gasteiger partial charge in [0, 0.05) is 18.2 Å². The van der Waals surface area contributed by atoms with Crippen molar-refractivity contribution >= 4 is 5.97 Å². The van der Waals surface area contributed by atoms with Crippen molar-refractivity contribution in [3.05, 3.63) is 29.8 Å². The molecular formula is C11H13F2NO3. The van der Waals surface area contributed by atoms with Gasteiger partial charge in [0.05, 0.1) is 7.11 Å². The van der Waals surface area contributed by atoms with Crippen LogP contribution in [0, 0.1) is 11.6 Å². The molecule has 94 valence electrons. The average Bonchev–Trinajstić information content (AvgIpc) is 2.24.